The van der Waals surface area contributed by atoms with Crippen LogP contribution >= 0.6 is 0 Å². The summed E-state index contributed by atoms with van der Waals surface area (Å²) in [6.07, 6.45) is 9.03. The smallest absolute Gasteiger partial charge is 0.302 e. The molecule has 4 aliphatic carbocycles. The molecule has 4 heteroatoms. The molecular formula is C16H20O4. The van der Waals surface area contributed by atoms with E-state index in [1.165, 1.54) is 13.8 Å². The van der Waals surface area contributed by atoms with Gasteiger partial charge < -0.3 is 9.47 Å². The molecule has 2 bridgehead atoms. The van der Waals surface area contributed by atoms with Crippen molar-refractivity contribution in [2.45, 2.75) is 13.8 Å². The predicted molar refractivity (Wildman–Crippen MR) is 72.5 cm³/mol. The maximum atomic E-state index is 11.1. The molecule has 4 rings (SSSR count). The van der Waals surface area contributed by atoms with Crippen molar-refractivity contribution in [3.05, 3.63) is 24.3 Å². The maximum absolute atomic E-state index is 11.1. The van der Waals surface area contributed by atoms with E-state index in [0.717, 1.165) is 0 Å². The van der Waals surface area contributed by atoms with Crippen LogP contribution in [-0.2, 0) is 19.1 Å². The van der Waals surface area contributed by atoms with E-state index in [2.05, 4.69) is 24.3 Å². The number of rotatable bonds is 4. The van der Waals surface area contributed by atoms with E-state index in [-0.39, 0.29) is 23.8 Å². The van der Waals surface area contributed by atoms with Gasteiger partial charge in [0.25, 0.3) is 0 Å². The summed E-state index contributed by atoms with van der Waals surface area (Å²) in [6, 6.07) is 0. The van der Waals surface area contributed by atoms with Crippen molar-refractivity contribution in [3.63, 3.8) is 0 Å². The first-order valence-electron chi connectivity index (χ1n) is 7.21. The molecule has 1 saturated carbocycles. The first kappa shape index (κ1) is 13.4. The van der Waals surface area contributed by atoms with Crippen LogP contribution in [0.25, 0.3) is 0 Å². The van der Waals surface area contributed by atoms with Gasteiger partial charge in [-0.1, -0.05) is 24.3 Å². The van der Waals surface area contributed by atoms with Crippen molar-refractivity contribution in [3.8, 4) is 0 Å². The first-order chi connectivity index (χ1) is 9.58. The van der Waals surface area contributed by atoms with Gasteiger partial charge in [0.15, 0.2) is 0 Å². The lowest BCUT2D eigenvalue weighted by Gasteiger charge is -2.55. The Morgan fingerprint density at radius 1 is 0.750 bits per heavy atom. The van der Waals surface area contributed by atoms with E-state index >= 15 is 0 Å². The van der Waals surface area contributed by atoms with Gasteiger partial charge in [0.1, 0.15) is 0 Å². The highest BCUT2D eigenvalue weighted by atomic mass is 16.5. The zero-order valence-corrected chi connectivity index (χ0v) is 11.8. The number of hydrogen-bond acceptors (Lipinski definition) is 4. The Labute approximate surface area is 118 Å². The maximum Gasteiger partial charge on any atom is 0.302 e. The second-order valence-electron chi connectivity index (χ2n) is 6.01. The Bertz CT molecular complexity index is 437. The van der Waals surface area contributed by atoms with Crippen LogP contribution in [0.15, 0.2) is 24.3 Å². The minimum Gasteiger partial charge on any atom is -0.466 e. The Morgan fingerprint density at radius 2 is 1.10 bits per heavy atom. The minimum absolute atomic E-state index is 0.248. The quantitative estimate of drug-likeness (QED) is 0.582. The SMILES string of the molecule is CC(=O)OC[C@@H]1[C@@H]2C=C[C@@H]([C@@H]3C=C[C@@H]32)[C@@H]1COC(C)=O. The summed E-state index contributed by atoms with van der Waals surface area (Å²) in [6.45, 7) is 3.71. The summed E-state index contributed by atoms with van der Waals surface area (Å²) >= 11 is 0. The third-order valence-corrected chi connectivity index (χ3v) is 4.94. The van der Waals surface area contributed by atoms with Crippen molar-refractivity contribution in [1.29, 1.82) is 0 Å². The highest BCUT2D eigenvalue weighted by molar-refractivity contribution is 5.66. The number of ether oxygens (including phenoxy) is 2. The molecule has 0 N–H and O–H groups in total. The molecule has 0 heterocycles. The molecule has 1 fully saturated rings. The third-order valence-electron chi connectivity index (χ3n) is 4.94. The summed E-state index contributed by atoms with van der Waals surface area (Å²) in [7, 11) is 0. The minimum atomic E-state index is -0.248. The molecule has 0 unspecified atom stereocenters. The van der Waals surface area contributed by atoms with Gasteiger partial charge in [0.05, 0.1) is 13.2 Å². The lowest BCUT2D eigenvalue weighted by molar-refractivity contribution is -0.152. The van der Waals surface area contributed by atoms with Crippen LogP contribution in [0.3, 0.4) is 0 Å². The van der Waals surface area contributed by atoms with Gasteiger partial charge in [-0.15, -0.1) is 0 Å². The van der Waals surface area contributed by atoms with Crippen molar-refractivity contribution in [2.75, 3.05) is 13.2 Å². The van der Waals surface area contributed by atoms with Gasteiger partial charge in [-0.25, -0.2) is 0 Å². The van der Waals surface area contributed by atoms with Gasteiger partial charge >= 0.3 is 11.9 Å². The van der Waals surface area contributed by atoms with Gasteiger partial charge in [-0.05, 0) is 23.7 Å². The highest BCUT2D eigenvalue weighted by Gasteiger charge is 2.52. The summed E-state index contributed by atoms with van der Waals surface area (Å²) < 4.78 is 10.5. The average molecular weight is 276 g/mol. The Hall–Kier alpha value is -1.58. The normalized spacial score (nSPS) is 39.9. The number of allylic oxidation sites excluding steroid dienone is 4. The number of esters is 2. The number of fused-ring (bicyclic) bond motifs is 1. The van der Waals surface area contributed by atoms with Crippen molar-refractivity contribution in [2.24, 2.45) is 35.5 Å². The van der Waals surface area contributed by atoms with Crippen LogP contribution in [0.5, 0.6) is 0 Å². The molecule has 0 aliphatic heterocycles. The fourth-order valence-electron chi connectivity index (χ4n) is 3.97. The van der Waals surface area contributed by atoms with E-state index in [4.69, 9.17) is 9.47 Å². The second kappa shape index (κ2) is 5.08. The monoisotopic (exact) mass is 276 g/mol. The lowest BCUT2D eigenvalue weighted by Crippen LogP contribution is -2.52. The van der Waals surface area contributed by atoms with E-state index in [1.54, 1.807) is 0 Å². The van der Waals surface area contributed by atoms with Gasteiger partial charge in [-0.3, -0.25) is 9.59 Å². The molecule has 0 aromatic rings. The standard InChI is InChI=1S/C16H20O4/c1-9(17)19-7-15-13-5-6-14(12-4-3-11(12)13)16(15)8-20-10(2)18/h3-6,11-16H,7-8H2,1-2H3/t11-,12+,13+,14-,15+,16-. The summed E-state index contributed by atoms with van der Waals surface area (Å²) in [5.74, 6) is 1.94. The summed E-state index contributed by atoms with van der Waals surface area (Å²) in [5.41, 5.74) is 0. The van der Waals surface area contributed by atoms with E-state index in [1.807, 2.05) is 0 Å². The zero-order chi connectivity index (χ0) is 14.3. The third kappa shape index (κ3) is 2.17. The van der Waals surface area contributed by atoms with Crippen molar-refractivity contribution >= 4 is 11.9 Å². The van der Waals surface area contributed by atoms with Gasteiger partial charge in [0.2, 0.25) is 0 Å². The van der Waals surface area contributed by atoms with Crippen LogP contribution in [0.4, 0.5) is 0 Å². The van der Waals surface area contributed by atoms with Gasteiger partial charge in [-0.2, -0.15) is 0 Å². The molecule has 0 aromatic heterocycles. The second-order valence-corrected chi connectivity index (χ2v) is 6.01. The molecule has 6 atom stereocenters. The zero-order valence-electron chi connectivity index (χ0n) is 11.8. The first-order valence-corrected chi connectivity index (χ1v) is 7.21. The largest absolute Gasteiger partial charge is 0.466 e. The Balaban J connectivity index is 1.76. The van der Waals surface area contributed by atoms with Crippen LogP contribution in [0.1, 0.15) is 13.8 Å². The molecule has 0 radical (unpaired) electrons. The fraction of sp³-hybridized carbons (Fsp3) is 0.625. The highest BCUT2D eigenvalue weighted by Crippen LogP contribution is 2.55. The molecule has 20 heavy (non-hydrogen) atoms. The van der Waals surface area contributed by atoms with Crippen molar-refractivity contribution < 1.29 is 19.1 Å². The Kier molecular flexibility index (Phi) is 3.40. The number of carbonyl (C=O) groups excluding carboxylic acids is 2. The molecule has 4 aliphatic rings. The van der Waals surface area contributed by atoms with Crippen molar-refractivity contribution in [1.82, 2.24) is 0 Å². The van der Waals surface area contributed by atoms with E-state index < -0.39 is 0 Å². The number of carbonyl (C=O) groups is 2. The fourth-order valence-corrected chi connectivity index (χ4v) is 3.97. The molecule has 4 nitrogen and oxygen atoms in total. The summed E-state index contributed by atoms with van der Waals surface area (Å²) in [5, 5.41) is 0. The predicted octanol–water partition coefficient (Wildman–Crippen LogP) is 1.96. The van der Waals surface area contributed by atoms with Crippen LogP contribution in [0.2, 0.25) is 0 Å². The van der Waals surface area contributed by atoms with Crippen LogP contribution in [-0.4, -0.2) is 25.2 Å². The topological polar surface area (TPSA) is 52.6 Å². The molecular weight excluding hydrogens is 256 g/mol. The average Bonchev–Trinajstić information content (AvgIpc) is 2.33. The Morgan fingerprint density at radius 3 is 1.40 bits per heavy atom. The molecule has 108 valence electrons. The van der Waals surface area contributed by atoms with Gasteiger partial charge in [0, 0.05) is 25.7 Å². The summed E-state index contributed by atoms with van der Waals surface area (Å²) in [4.78, 5) is 22.2. The number of hydrogen-bond donors (Lipinski definition) is 0. The molecule has 0 aromatic carbocycles. The molecule has 0 amide bonds. The molecule has 0 saturated heterocycles. The van der Waals surface area contributed by atoms with E-state index in [0.29, 0.717) is 36.9 Å². The lowest BCUT2D eigenvalue weighted by atomic mass is 9.50. The van der Waals surface area contributed by atoms with Crippen LogP contribution < -0.4 is 0 Å². The van der Waals surface area contributed by atoms with Crippen LogP contribution in [0, 0.1) is 35.5 Å². The van der Waals surface area contributed by atoms with E-state index in [9.17, 15) is 9.59 Å². The molecule has 0 spiro atoms.